The summed E-state index contributed by atoms with van der Waals surface area (Å²) in [5, 5.41) is 0. The summed E-state index contributed by atoms with van der Waals surface area (Å²) < 4.78 is 8.89. The molecule has 0 radical (unpaired) electrons. The van der Waals surface area contributed by atoms with Gasteiger partial charge in [0.05, 0.1) is 14.1 Å². The predicted octanol–water partition coefficient (Wildman–Crippen LogP) is -4.34. The lowest BCUT2D eigenvalue weighted by Gasteiger charge is -2.07. The van der Waals surface area contributed by atoms with E-state index in [1.807, 2.05) is 0 Å². The molecule has 0 N–H and O–H groups in total. The highest BCUT2D eigenvalue weighted by atomic mass is 79.9. The number of hydrogen-bond acceptors (Lipinski definition) is 0. The second-order valence-electron chi connectivity index (χ2n) is 5.94. The Balaban J connectivity index is 0.00000144. The van der Waals surface area contributed by atoms with Gasteiger partial charge in [0.25, 0.3) is 11.6 Å². The van der Waals surface area contributed by atoms with Crippen molar-refractivity contribution in [1.29, 1.82) is 0 Å². The summed E-state index contributed by atoms with van der Waals surface area (Å²) in [6, 6.07) is 8.71. The fourth-order valence-electron chi connectivity index (χ4n) is 2.76. The van der Waals surface area contributed by atoms with Crippen LogP contribution in [0.25, 0.3) is 0 Å². The van der Waals surface area contributed by atoms with Crippen LogP contribution < -0.4 is 43.1 Å². The third-order valence-electron chi connectivity index (χ3n) is 4.59. The molecule has 0 aliphatic heterocycles. The van der Waals surface area contributed by atoms with Crippen LogP contribution in [0.5, 0.6) is 0 Å². The van der Waals surface area contributed by atoms with Crippen molar-refractivity contribution in [2.45, 2.75) is 26.9 Å². The zero-order chi connectivity index (χ0) is 15.7. The Morgan fingerprint density at radius 2 is 1.12 bits per heavy atom. The van der Waals surface area contributed by atoms with Gasteiger partial charge in [0.15, 0.2) is 0 Å². The topological polar surface area (TPSA) is 17.6 Å². The van der Waals surface area contributed by atoms with E-state index in [0.717, 1.165) is 13.1 Å². The second kappa shape index (κ2) is 8.62. The van der Waals surface area contributed by atoms with Gasteiger partial charge >= 0.3 is 0 Å². The number of hydrogen-bond donors (Lipinski definition) is 0. The summed E-state index contributed by atoms with van der Waals surface area (Å²) >= 11 is 0. The van der Waals surface area contributed by atoms with Gasteiger partial charge in [0.1, 0.15) is 37.9 Å². The Kier molecular flexibility index (Phi) is 7.42. The van der Waals surface area contributed by atoms with E-state index in [-0.39, 0.29) is 34.0 Å². The van der Waals surface area contributed by atoms with Crippen LogP contribution in [0.2, 0.25) is 0 Å². The highest BCUT2D eigenvalue weighted by molar-refractivity contribution is 5.28. The number of benzene rings is 1. The molecule has 0 spiro atoms. The van der Waals surface area contributed by atoms with Crippen LogP contribution in [0.4, 0.5) is 0 Å². The first-order valence-corrected chi connectivity index (χ1v) is 7.66. The van der Waals surface area contributed by atoms with Crippen LogP contribution in [-0.4, -0.2) is 9.13 Å². The lowest BCUT2D eigenvalue weighted by atomic mass is 10.1. The third kappa shape index (κ3) is 4.16. The Morgan fingerprint density at radius 3 is 1.42 bits per heavy atom. The minimum absolute atomic E-state index is 0. The number of aromatic nitrogens is 4. The fourth-order valence-corrected chi connectivity index (χ4v) is 2.76. The molecule has 0 bridgehead atoms. The maximum atomic E-state index is 2.29. The van der Waals surface area contributed by atoms with Crippen LogP contribution in [-0.2, 0) is 27.2 Å². The van der Waals surface area contributed by atoms with Crippen molar-refractivity contribution in [3.05, 3.63) is 71.8 Å². The fraction of sp³-hybridized carbons (Fsp3) is 0.333. The summed E-state index contributed by atoms with van der Waals surface area (Å²) in [5.74, 6) is 2.52. The monoisotopic (exact) mass is 454 g/mol. The number of rotatable bonds is 4. The SMILES string of the molecule is Cc1n(Cc2ccccc2Cn2cc[n+](C)c2C)cc[n+]1C.[Br-].[Br-]. The average Bonchev–Trinajstić information content (AvgIpc) is 2.99. The molecule has 2 aromatic heterocycles. The zero-order valence-corrected chi connectivity index (χ0v) is 17.7. The molecular weight excluding hydrogens is 432 g/mol. The Labute approximate surface area is 164 Å². The van der Waals surface area contributed by atoms with Gasteiger partial charge in [-0.25, -0.2) is 18.3 Å². The van der Waals surface area contributed by atoms with Crippen molar-refractivity contribution in [1.82, 2.24) is 9.13 Å². The summed E-state index contributed by atoms with van der Waals surface area (Å²) in [4.78, 5) is 0. The summed E-state index contributed by atoms with van der Waals surface area (Å²) in [6.45, 7) is 6.13. The van der Waals surface area contributed by atoms with E-state index in [1.54, 1.807) is 0 Å². The number of imidazole rings is 2. The van der Waals surface area contributed by atoms with Crippen molar-refractivity contribution in [2.75, 3.05) is 0 Å². The quantitative estimate of drug-likeness (QED) is 0.354. The molecule has 0 aliphatic rings. The molecule has 0 unspecified atom stereocenters. The van der Waals surface area contributed by atoms with Gasteiger partial charge in [-0.05, 0) is 0 Å². The van der Waals surface area contributed by atoms with Gasteiger partial charge in [-0.2, -0.15) is 0 Å². The maximum absolute atomic E-state index is 2.29. The van der Waals surface area contributed by atoms with E-state index in [9.17, 15) is 0 Å². The number of nitrogens with zero attached hydrogens (tertiary/aromatic N) is 4. The second-order valence-corrected chi connectivity index (χ2v) is 5.94. The van der Waals surface area contributed by atoms with Gasteiger partial charge in [-0.1, -0.05) is 24.3 Å². The van der Waals surface area contributed by atoms with Crippen molar-refractivity contribution >= 4 is 0 Å². The molecule has 3 rings (SSSR count). The maximum Gasteiger partial charge on any atom is 0.253 e. The first-order chi connectivity index (χ1) is 10.6. The molecule has 2 heterocycles. The first kappa shape index (κ1) is 20.6. The third-order valence-corrected chi connectivity index (χ3v) is 4.59. The normalized spacial score (nSPS) is 10.2. The van der Waals surface area contributed by atoms with Crippen LogP contribution in [0.1, 0.15) is 22.8 Å². The molecule has 130 valence electrons. The van der Waals surface area contributed by atoms with E-state index in [2.05, 4.69) is 95.3 Å². The average molecular weight is 456 g/mol. The largest absolute Gasteiger partial charge is 1.00 e. The van der Waals surface area contributed by atoms with E-state index in [4.69, 9.17) is 0 Å². The van der Waals surface area contributed by atoms with Gasteiger partial charge in [-0.15, -0.1) is 0 Å². The van der Waals surface area contributed by atoms with Gasteiger partial charge < -0.3 is 34.0 Å². The molecule has 1 aromatic carbocycles. The molecule has 24 heavy (non-hydrogen) atoms. The van der Waals surface area contributed by atoms with E-state index >= 15 is 0 Å². The number of halogens is 2. The van der Waals surface area contributed by atoms with Crippen LogP contribution in [0.3, 0.4) is 0 Å². The van der Waals surface area contributed by atoms with Crippen LogP contribution >= 0.6 is 0 Å². The first-order valence-electron chi connectivity index (χ1n) is 7.66. The predicted molar refractivity (Wildman–Crippen MR) is 85.3 cm³/mol. The lowest BCUT2D eigenvalue weighted by Crippen LogP contribution is -3.00. The van der Waals surface area contributed by atoms with Gasteiger partial charge in [0.2, 0.25) is 0 Å². The highest BCUT2D eigenvalue weighted by Crippen LogP contribution is 2.13. The summed E-state index contributed by atoms with van der Waals surface area (Å²) in [5.41, 5.74) is 2.75. The Bertz CT molecular complexity index is 738. The molecule has 0 amide bonds. The molecule has 4 nitrogen and oxygen atoms in total. The van der Waals surface area contributed by atoms with Crippen molar-refractivity contribution in [3.63, 3.8) is 0 Å². The Hall–Kier alpha value is -1.40. The van der Waals surface area contributed by atoms with Crippen molar-refractivity contribution in [3.8, 4) is 0 Å². The molecule has 0 fully saturated rings. The summed E-state index contributed by atoms with van der Waals surface area (Å²) in [7, 11) is 4.17. The van der Waals surface area contributed by atoms with E-state index < -0.39 is 0 Å². The highest BCUT2D eigenvalue weighted by Gasteiger charge is 2.15. The number of aryl methyl sites for hydroxylation is 2. The molecular formula is C18H24Br2N4. The van der Waals surface area contributed by atoms with Crippen LogP contribution in [0, 0.1) is 13.8 Å². The molecule has 6 heteroatoms. The smallest absolute Gasteiger partial charge is 0.253 e. The lowest BCUT2D eigenvalue weighted by molar-refractivity contribution is -0.677. The van der Waals surface area contributed by atoms with Gasteiger partial charge in [0, 0.05) is 25.0 Å². The minimum atomic E-state index is 0. The molecule has 3 aromatic rings. The molecule has 0 saturated heterocycles. The summed E-state index contributed by atoms with van der Waals surface area (Å²) in [6.07, 6.45) is 8.50. The molecule has 0 atom stereocenters. The molecule has 0 aliphatic carbocycles. The van der Waals surface area contributed by atoms with E-state index in [0.29, 0.717) is 0 Å². The molecule has 0 saturated carbocycles. The standard InChI is InChI=1S/C18H24N4.2BrH/c1-15-19(3)9-11-21(15)13-17-7-5-6-8-18(17)14-22-12-10-20(4)16(22)2;;/h5-12H,13-14H2,1-4H3;2*1H/q+2;;/p-2. The Morgan fingerprint density at radius 1 is 0.750 bits per heavy atom. The minimum Gasteiger partial charge on any atom is -1.00 e. The van der Waals surface area contributed by atoms with Gasteiger partial charge in [-0.3, -0.25) is 0 Å². The van der Waals surface area contributed by atoms with Crippen molar-refractivity contribution in [2.24, 2.45) is 14.1 Å². The van der Waals surface area contributed by atoms with Crippen molar-refractivity contribution < 1.29 is 43.1 Å². The van der Waals surface area contributed by atoms with E-state index in [1.165, 1.54) is 22.8 Å². The zero-order valence-electron chi connectivity index (χ0n) is 14.6. The van der Waals surface area contributed by atoms with Crippen LogP contribution in [0.15, 0.2) is 49.1 Å².